The minimum atomic E-state index is -0.274. The van der Waals surface area contributed by atoms with Crippen molar-refractivity contribution in [3.63, 3.8) is 0 Å². The van der Waals surface area contributed by atoms with E-state index in [2.05, 4.69) is 15.6 Å². The molecule has 0 radical (unpaired) electrons. The van der Waals surface area contributed by atoms with E-state index >= 15 is 0 Å². The van der Waals surface area contributed by atoms with Gasteiger partial charge in [0.2, 0.25) is 0 Å². The topological polar surface area (TPSA) is 110 Å². The van der Waals surface area contributed by atoms with E-state index in [1.54, 1.807) is 48.9 Å². The zero-order valence-corrected chi connectivity index (χ0v) is 20.8. The van der Waals surface area contributed by atoms with Gasteiger partial charge in [0.05, 0.1) is 23.5 Å². The second kappa shape index (κ2) is 10.1. The van der Waals surface area contributed by atoms with Crippen LogP contribution in [0.5, 0.6) is 0 Å². The second-order valence-electron chi connectivity index (χ2n) is 8.91. The maximum atomic E-state index is 13.4. The predicted molar refractivity (Wildman–Crippen MR) is 141 cm³/mol. The van der Waals surface area contributed by atoms with Gasteiger partial charge in [-0.05, 0) is 74.9 Å². The summed E-state index contributed by atoms with van der Waals surface area (Å²) in [5, 5.41) is 6.56. The molecule has 0 fully saturated rings. The van der Waals surface area contributed by atoms with E-state index in [4.69, 9.17) is 13.8 Å². The number of furan rings is 1. The molecule has 0 spiro atoms. The van der Waals surface area contributed by atoms with Crippen LogP contribution in [-0.2, 0) is 6.42 Å². The molecule has 0 unspecified atom stereocenters. The van der Waals surface area contributed by atoms with Crippen LogP contribution in [0.15, 0.2) is 75.9 Å². The molecular weight excluding hydrogens is 468 g/mol. The van der Waals surface area contributed by atoms with Gasteiger partial charge in [0, 0.05) is 29.6 Å². The lowest BCUT2D eigenvalue weighted by Crippen LogP contribution is -2.25. The van der Waals surface area contributed by atoms with Crippen LogP contribution >= 0.6 is 0 Å². The molecule has 2 amide bonds. The maximum absolute atomic E-state index is 13.4. The lowest BCUT2D eigenvalue weighted by atomic mass is 10.0. The van der Waals surface area contributed by atoms with Crippen molar-refractivity contribution in [1.29, 1.82) is 0 Å². The quantitative estimate of drug-likeness (QED) is 0.303. The number of anilines is 1. The zero-order chi connectivity index (χ0) is 25.9. The highest BCUT2D eigenvalue weighted by Crippen LogP contribution is 2.29. The van der Waals surface area contributed by atoms with Crippen molar-refractivity contribution in [2.45, 2.75) is 27.2 Å². The maximum Gasteiger partial charge on any atom is 0.256 e. The molecular formula is C29H26N4O4. The standard InChI is InChI=1S/C29H26N4O4/c1-17-13-18(2)27-22(14-17)23(15-24(33-27)25-5-4-12-36-25)29(35)32-21-8-6-20(7-9-21)28(34)30-11-10-26-31-16-19(3)37-26/h4-9,12-16H,10-11H2,1-3H3,(H,30,34)(H,32,35). The smallest absolute Gasteiger partial charge is 0.256 e. The second-order valence-corrected chi connectivity index (χ2v) is 8.91. The number of nitrogens with zero attached hydrogens (tertiary/aromatic N) is 2. The zero-order valence-electron chi connectivity index (χ0n) is 20.8. The molecule has 0 aliphatic heterocycles. The molecule has 0 saturated heterocycles. The Kier molecular flexibility index (Phi) is 6.55. The summed E-state index contributed by atoms with van der Waals surface area (Å²) >= 11 is 0. The number of rotatable bonds is 7. The van der Waals surface area contributed by atoms with Crippen molar-refractivity contribution in [3.05, 3.63) is 101 Å². The van der Waals surface area contributed by atoms with E-state index in [0.29, 0.717) is 47.1 Å². The fraction of sp³-hybridized carbons (Fsp3) is 0.172. The van der Waals surface area contributed by atoms with E-state index in [-0.39, 0.29) is 11.8 Å². The molecule has 5 aromatic rings. The van der Waals surface area contributed by atoms with Crippen LogP contribution in [0.4, 0.5) is 5.69 Å². The first-order valence-electron chi connectivity index (χ1n) is 11.9. The average Bonchev–Trinajstić information content (AvgIpc) is 3.56. The largest absolute Gasteiger partial charge is 0.463 e. The first kappa shape index (κ1) is 24.0. The minimum Gasteiger partial charge on any atom is -0.463 e. The van der Waals surface area contributed by atoms with Gasteiger partial charge in [0.15, 0.2) is 11.7 Å². The number of nitrogens with one attached hydrogen (secondary N) is 2. The Balaban J connectivity index is 1.33. The Labute approximate surface area is 213 Å². The highest BCUT2D eigenvalue weighted by atomic mass is 16.4. The highest BCUT2D eigenvalue weighted by molar-refractivity contribution is 6.13. The number of amides is 2. The summed E-state index contributed by atoms with van der Waals surface area (Å²) in [5.74, 6) is 1.42. The van der Waals surface area contributed by atoms with Gasteiger partial charge in [-0.25, -0.2) is 9.97 Å². The highest BCUT2D eigenvalue weighted by Gasteiger charge is 2.17. The first-order valence-corrected chi connectivity index (χ1v) is 11.9. The predicted octanol–water partition coefficient (Wildman–Crippen LogP) is 5.63. The summed E-state index contributed by atoms with van der Waals surface area (Å²) in [6.45, 7) is 6.20. The number of benzene rings is 2. The molecule has 37 heavy (non-hydrogen) atoms. The number of oxazole rings is 1. The molecule has 3 aromatic heterocycles. The van der Waals surface area contributed by atoms with Crippen LogP contribution in [0, 0.1) is 20.8 Å². The van der Waals surface area contributed by atoms with Gasteiger partial charge in [-0.15, -0.1) is 0 Å². The van der Waals surface area contributed by atoms with Crippen LogP contribution in [0.25, 0.3) is 22.4 Å². The summed E-state index contributed by atoms with van der Waals surface area (Å²) < 4.78 is 11.0. The molecule has 8 nitrogen and oxygen atoms in total. The molecule has 8 heteroatoms. The molecule has 0 bridgehead atoms. The Morgan fingerprint density at radius 1 is 0.973 bits per heavy atom. The molecule has 2 N–H and O–H groups in total. The number of aryl methyl sites for hydroxylation is 3. The summed E-state index contributed by atoms with van der Waals surface area (Å²) in [6.07, 6.45) is 3.74. The number of carbonyl (C=O) groups is 2. The van der Waals surface area contributed by atoms with E-state index in [9.17, 15) is 9.59 Å². The van der Waals surface area contributed by atoms with E-state index in [1.165, 1.54) is 0 Å². The normalized spacial score (nSPS) is 11.0. The van der Waals surface area contributed by atoms with Gasteiger partial charge in [-0.3, -0.25) is 9.59 Å². The molecule has 5 rings (SSSR count). The molecule has 186 valence electrons. The van der Waals surface area contributed by atoms with Crippen molar-refractivity contribution >= 4 is 28.4 Å². The molecule has 0 atom stereocenters. The fourth-order valence-corrected chi connectivity index (χ4v) is 4.22. The van der Waals surface area contributed by atoms with Crippen LogP contribution in [-0.4, -0.2) is 28.3 Å². The van der Waals surface area contributed by atoms with Gasteiger partial charge in [-0.1, -0.05) is 11.6 Å². The SMILES string of the molecule is Cc1cc(C)c2nc(-c3ccco3)cc(C(=O)Nc3ccc(C(=O)NCCc4ncc(C)o4)cc3)c2c1. The molecule has 0 aliphatic carbocycles. The monoisotopic (exact) mass is 494 g/mol. The van der Waals surface area contributed by atoms with E-state index in [1.807, 2.05) is 39.0 Å². The van der Waals surface area contributed by atoms with Crippen LogP contribution < -0.4 is 10.6 Å². The lowest BCUT2D eigenvalue weighted by molar-refractivity contribution is 0.0953. The van der Waals surface area contributed by atoms with Crippen LogP contribution in [0.3, 0.4) is 0 Å². The third kappa shape index (κ3) is 5.28. The number of aromatic nitrogens is 2. The van der Waals surface area contributed by atoms with Crippen LogP contribution in [0.2, 0.25) is 0 Å². The van der Waals surface area contributed by atoms with Gasteiger partial charge in [-0.2, -0.15) is 0 Å². The summed E-state index contributed by atoms with van der Waals surface area (Å²) in [6, 6.07) is 16.1. The fourth-order valence-electron chi connectivity index (χ4n) is 4.22. The number of fused-ring (bicyclic) bond motifs is 1. The Morgan fingerprint density at radius 2 is 1.78 bits per heavy atom. The van der Waals surface area contributed by atoms with Crippen molar-refractivity contribution in [2.75, 3.05) is 11.9 Å². The van der Waals surface area contributed by atoms with Crippen molar-refractivity contribution in [1.82, 2.24) is 15.3 Å². The average molecular weight is 495 g/mol. The van der Waals surface area contributed by atoms with Gasteiger partial charge in [0.1, 0.15) is 11.5 Å². The summed E-state index contributed by atoms with van der Waals surface area (Å²) in [4.78, 5) is 34.8. The molecule has 0 saturated carbocycles. The van der Waals surface area contributed by atoms with Crippen molar-refractivity contribution < 1.29 is 18.4 Å². The Hall–Kier alpha value is -4.72. The third-order valence-electron chi connectivity index (χ3n) is 5.97. The van der Waals surface area contributed by atoms with E-state index in [0.717, 1.165) is 27.8 Å². The number of hydrogen-bond donors (Lipinski definition) is 2. The Morgan fingerprint density at radius 3 is 2.49 bits per heavy atom. The molecule has 3 heterocycles. The number of hydrogen-bond acceptors (Lipinski definition) is 6. The number of carbonyl (C=O) groups excluding carboxylic acids is 2. The van der Waals surface area contributed by atoms with Gasteiger partial charge < -0.3 is 19.5 Å². The summed E-state index contributed by atoms with van der Waals surface area (Å²) in [5.41, 5.74) is 4.91. The van der Waals surface area contributed by atoms with Gasteiger partial charge in [0.25, 0.3) is 11.8 Å². The third-order valence-corrected chi connectivity index (χ3v) is 5.97. The van der Waals surface area contributed by atoms with Crippen molar-refractivity contribution in [3.8, 4) is 11.5 Å². The van der Waals surface area contributed by atoms with Crippen molar-refractivity contribution in [2.24, 2.45) is 0 Å². The van der Waals surface area contributed by atoms with E-state index < -0.39 is 0 Å². The summed E-state index contributed by atoms with van der Waals surface area (Å²) in [7, 11) is 0. The molecule has 2 aromatic carbocycles. The lowest BCUT2D eigenvalue weighted by Gasteiger charge is -2.12. The minimum absolute atomic E-state index is 0.213. The number of pyridine rings is 1. The van der Waals surface area contributed by atoms with Gasteiger partial charge >= 0.3 is 0 Å². The molecule has 0 aliphatic rings. The Bertz CT molecular complexity index is 1580. The first-order chi connectivity index (χ1) is 17.9. The van der Waals surface area contributed by atoms with Crippen LogP contribution in [0.1, 0.15) is 43.5 Å².